The molecular formula is C17H20F2N2O. The Labute approximate surface area is 128 Å². The zero-order valence-corrected chi connectivity index (χ0v) is 12.7. The smallest absolute Gasteiger partial charge is 0.163 e. The molecule has 0 radical (unpaired) electrons. The molecule has 0 saturated carbocycles. The predicted molar refractivity (Wildman–Crippen MR) is 79.2 cm³/mol. The topological polar surface area (TPSA) is 29.3 Å². The van der Waals surface area contributed by atoms with Crippen molar-refractivity contribution >= 4 is 0 Å². The second-order valence-electron chi connectivity index (χ2n) is 5.92. The summed E-state index contributed by atoms with van der Waals surface area (Å²) in [4.78, 5) is 2.17. The van der Waals surface area contributed by atoms with E-state index in [0.29, 0.717) is 12.1 Å². The highest BCUT2D eigenvalue weighted by Gasteiger charge is 2.26. The molecule has 3 rings (SSSR count). The summed E-state index contributed by atoms with van der Waals surface area (Å²) in [7, 11) is 0. The summed E-state index contributed by atoms with van der Waals surface area (Å²) in [6, 6.07) is 6.36. The lowest BCUT2D eigenvalue weighted by molar-refractivity contribution is 0.158. The van der Waals surface area contributed by atoms with Crippen LogP contribution in [0.25, 0.3) is 0 Å². The Morgan fingerprint density at radius 3 is 2.91 bits per heavy atom. The highest BCUT2D eigenvalue weighted by Crippen LogP contribution is 2.32. The van der Waals surface area contributed by atoms with E-state index < -0.39 is 11.6 Å². The summed E-state index contributed by atoms with van der Waals surface area (Å²) in [6.07, 6.45) is 4.25. The first-order chi connectivity index (χ1) is 10.6. The Morgan fingerprint density at radius 1 is 1.27 bits per heavy atom. The van der Waals surface area contributed by atoms with Gasteiger partial charge in [0.05, 0.1) is 11.7 Å². The Hall–Kier alpha value is -1.75. The van der Waals surface area contributed by atoms with Gasteiger partial charge in [-0.15, -0.1) is 0 Å². The number of benzene rings is 1. The van der Waals surface area contributed by atoms with Gasteiger partial charge < -0.3 is 4.52 Å². The van der Waals surface area contributed by atoms with Crippen molar-refractivity contribution in [3.05, 3.63) is 52.9 Å². The lowest BCUT2D eigenvalue weighted by Gasteiger charge is -2.28. The van der Waals surface area contributed by atoms with Crippen molar-refractivity contribution in [3.8, 4) is 0 Å². The van der Waals surface area contributed by atoms with E-state index in [1.165, 1.54) is 0 Å². The third kappa shape index (κ3) is 3.19. The second-order valence-corrected chi connectivity index (χ2v) is 5.92. The molecule has 0 aliphatic carbocycles. The van der Waals surface area contributed by atoms with E-state index in [0.717, 1.165) is 49.7 Å². The summed E-state index contributed by atoms with van der Waals surface area (Å²) in [5, 5.41) is 3.96. The van der Waals surface area contributed by atoms with Crippen LogP contribution >= 0.6 is 0 Å². The van der Waals surface area contributed by atoms with Crippen LogP contribution in [-0.4, -0.2) is 16.6 Å². The molecule has 1 aromatic heterocycles. The van der Waals surface area contributed by atoms with Crippen LogP contribution in [0.2, 0.25) is 0 Å². The van der Waals surface area contributed by atoms with Gasteiger partial charge in [0.1, 0.15) is 0 Å². The fourth-order valence-corrected chi connectivity index (χ4v) is 3.11. The molecule has 1 aliphatic rings. The predicted octanol–water partition coefficient (Wildman–Crippen LogP) is 4.38. The number of hydrogen-bond acceptors (Lipinski definition) is 3. The van der Waals surface area contributed by atoms with Crippen LogP contribution in [0.3, 0.4) is 0 Å². The van der Waals surface area contributed by atoms with E-state index in [2.05, 4.69) is 10.1 Å². The summed E-state index contributed by atoms with van der Waals surface area (Å²) in [6.45, 7) is 3.12. The minimum atomic E-state index is -0.792. The molecule has 0 bridgehead atoms. The number of hydrogen-bond donors (Lipinski definition) is 0. The van der Waals surface area contributed by atoms with E-state index in [4.69, 9.17) is 4.52 Å². The lowest BCUT2D eigenvalue weighted by atomic mass is 10.1. The van der Waals surface area contributed by atoms with E-state index in [1.807, 2.05) is 13.0 Å². The van der Waals surface area contributed by atoms with E-state index in [1.54, 1.807) is 12.1 Å². The fraction of sp³-hybridized carbons (Fsp3) is 0.471. The van der Waals surface area contributed by atoms with E-state index in [9.17, 15) is 8.78 Å². The normalized spacial score (nSPS) is 20.0. The molecule has 5 heteroatoms. The first-order valence-electron chi connectivity index (χ1n) is 7.75. The van der Waals surface area contributed by atoms with Crippen LogP contribution < -0.4 is 0 Å². The van der Waals surface area contributed by atoms with E-state index in [-0.39, 0.29) is 6.04 Å². The molecule has 0 amide bonds. The zero-order valence-electron chi connectivity index (χ0n) is 12.7. The minimum absolute atomic E-state index is 0.0753. The summed E-state index contributed by atoms with van der Waals surface area (Å²) in [5.41, 5.74) is 1.24. The van der Waals surface area contributed by atoms with Crippen LogP contribution in [0.1, 0.15) is 48.7 Å². The molecule has 22 heavy (non-hydrogen) atoms. The third-order valence-electron chi connectivity index (χ3n) is 4.24. The highest BCUT2D eigenvalue weighted by atomic mass is 19.2. The zero-order chi connectivity index (χ0) is 15.5. The average Bonchev–Trinajstić information content (AvgIpc) is 2.79. The summed E-state index contributed by atoms with van der Waals surface area (Å²) in [5.74, 6) is -0.727. The lowest BCUT2D eigenvalue weighted by Crippen LogP contribution is -2.28. The average molecular weight is 306 g/mol. The van der Waals surface area contributed by atoms with Crippen molar-refractivity contribution in [1.29, 1.82) is 0 Å². The Kier molecular flexibility index (Phi) is 4.52. The van der Waals surface area contributed by atoms with Gasteiger partial charge in [0, 0.05) is 18.2 Å². The van der Waals surface area contributed by atoms with Crippen molar-refractivity contribution in [3.63, 3.8) is 0 Å². The quantitative estimate of drug-likeness (QED) is 0.843. The largest absolute Gasteiger partial charge is 0.359 e. The van der Waals surface area contributed by atoms with Crippen LogP contribution in [0.4, 0.5) is 8.78 Å². The van der Waals surface area contributed by atoms with Gasteiger partial charge in [0.25, 0.3) is 0 Å². The number of halogens is 2. The number of aromatic nitrogens is 1. The molecule has 1 aromatic carbocycles. The van der Waals surface area contributed by atoms with Crippen LogP contribution in [-0.2, 0) is 6.54 Å². The van der Waals surface area contributed by atoms with Crippen molar-refractivity contribution in [1.82, 2.24) is 10.1 Å². The molecule has 0 N–H and O–H groups in total. The molecule has 0 spiro atoms. The second kappa shape index (κ2) is 6.57. The van der Waals surface area contributed by atoms with Crippen LogP contribution in [0.5, 0.6) is 0 Å². The van der Waals surface area contributed by atoms with Crippen molar-refractivity contribution in [2.45, 2.75) is 45.2 Å². The molecule has 0 unspecified atom stereocenters. The summed E-state index contributed by atoms with van der Waals surface area (Å²) >= 11 is 0. The Bertz CT molecular complexity index is 641. The Balaban J connectivity index is 1.86. The fourth-order valence-electron chi connectivity index (χ4n) is 3.11. The third-order valence-corrected chi connectivity index (χ3v) is 4.24. The first-order valence-corrected chi connectivity index (χ1v) is 7.75. The van der Waals surface area contributed by atoms with Gasteiger partial charge >= 0.3 is 0 Å². The standard InChI is InChI=1S/C17H20F2N2O/c1-12-10-16(22-20-12)15-8-3-2-4-9-21(15)11-13-6-5-7-14(18)17(13)19/h5-7,10,15H,2-4,8-9,11H2,1H3/t15-/m0/s1. The number of nitrogens with zero attached hydrogens (tertiary/aromatic N) is 2. The maximum absolute atomic E-state index is 14.0. The van der Waals surface area contributed by atoms with Gasteiger partial charge in [-0.1, -0.05) is 30.1 Å². The maximum atomic E-state index is 14.0. The van der Waals surface area contributed by atoms with Gasteiger partial charge in [-0.05, 0) is 32.4 Å². The van der Waals surface area contributed by atoms with Gasteiger partial charge in [-0.2, -0.15) is 0 Å². The minimum Gasteiger partial charge on any atom is -0.359 e. The van der Waals surface area contributed by atoms with E-state index >= 15 is 0 Å². The molecule has 2 heterocycles. The summed E-state index contributed by atoms with van der Waals surface area (Å²) < 4.78 is 32.8. The molecule has 1 atom stereocenters. The SMILES string of the molecule is Cc1cc([C@@H]2CCCCCN2Cc2cccc(F)c2F)on1. The van der Waals surface area contributed by atoms with Crippen molar-refractivity contribution < 1.29 is 13.3 Å². The number of rotatable bonds is 3. The highest BCUT2D eigenvalue weighted by molar-refractivity contribution is 5.19. The number of aryl methyl sites for hydroxylation is 1. The Morgan fingerprint density at radius 2 is 2.14 bits per heavy atom. The van der Waals surface area contributed by atoms with Crippen LogP contribution in [0.15, 0.2) is 28.8 Å². The maximum Gasteiger partial charge on any atom is 0.163 e. The molecule has 118 valence electrons. The molecular weight excluding hydrogens is 286 g/mol. The van der Waals surface area contributed by atoms with Gasteiger partial charge in [-0.25, -0.2) is 8.78 Å². The first kappa shape index (κ1) is 15.2. The number of likely N-dealkylation sites (tertiary alicyclic amines) is 1. The van der Waals surface area contributed by atoms with Crippen LogP contribution in [0, 0.1) is 18.6 Å². The molecule has 1 aliphatic heterocycles. The van der Waals surface area contributed by atoms with Gasteiger partial charge in [-0.3, -0.25) is 4.90 Å². The van der Waals surface area contributed by atoms with Crippen molar-refractivity contribution in [2.75, 3.05) is 6.54 Å². The van der Waals surface area contributed by atoms with Crippen molar-refractivity contribution in [2.24, 2.45) is 0 Å². The monoisotopic (exact) mass is 306 g/mol. The van der Waals surface area contributed by atoms with Gasteiger partial charge in [0.2, 0.25) is 0 Å². The molecule has 1 fully saturated rings. The molecule has 3 nitrogen and oxygen atoms in total. The molecule has 2 aromatic rings. The molecule has 1 saturated heterocycles. The van der Waals surface area contributed by atoms with Gasteiger partial charge in [0.15, 0.2) is 17.4 Å².